The highest BCUT2D eigenvalue weighted by Crippen LogP contribution is 2.25. The Bertz CT molecular complexity index is 894. The molecule has 3 aromatic rings. The van der Waals surface area contributed by atoms with Crippen LogP contribution in [-0.2, 0) is 17.0 Å². The van der Waals surface area contributed by atoms with Crippen molar-refractivity contribution in [1.29, 1.82) is 0 Å². The smallest absolute Gasteiger partial charge is 0.234 e. The Morgan fingerprint density at radius 2 is 2.04 bits per heavy atom. The molecule has 1 amide bonds. The Labute approximate surface area is 168 Å². The van der Waals surface area contributed by atoms with Crippen LogP contribution in [0.4, 0.5) is 5.69 Å². The number of amides is 1. The number of thioether (sulfide) groups is 1. The van der Waals surface area contributed by atoms with Gasteiger partial charge in [-0.2, -0.15) is 0 Å². The van der Waals surface area contributed by atoms with Crippen LogP contribution in [0.5, 0.6) is 5.75 Å². The first-order chi connectivity index (χ1) is 13.1. The maximum atomic E-state index is 12.3. The number of carbonyl (C=O) groups excluding carboxylic acids is 1. The first-order valence-corrected chi connectivity index (χ1v) is 10.7. The third-order valence-electron chi connectivity index (χ3n) is 3.95. The van der Waals surface area contributed by atoms with E-state index in [1.807, 2.05) is 48.7 Å². The van der Waals surface area contributed by atoms with E-state index < -0.39 is 0 Å². The lowest BCUT2D eigenvalue weighted by Gasteiger charge is -2.12. The number of thiazole rings is 1. The highest BCUT2D eigenvalue weighted by atomic mass is 32.2. The van der Waals surface area contributed by atoms with E-state index in [1.54, 1.807) is 30.2 Å². The quantitative estimate of drug-likeness (QED) is 0.585. The second kappa shape index (κ2) is 9.58. The summed E-state index contributed by atoms with van der Waals surface area (Å²) in [6, 6.07) is 16.0. The number of nitrogens with one attached hydrogen (secondary N) is 1. The molecule has 0 aliphatic rings. The fraction of sp³-hybridized carbons (Fsp3) is 0.238. The molecule has 0 saturated carbocycles. The molecule has 1 N–H and O–H groups in total. The molecule has 0 fully saturated rings. The van der Waals surface area contributed by atoms with Gasteiger partial charge in [-0.1, -0.05) is 30.3 Å². The number of ether oxygens (including phenoxy) is 1. The lowest BCUT2D eigenvalue weighted by molar-refractivity contribution is -0.113. The van der Waals surface area contributed by atoms with E-state index in [4.69, 9.17) is 4.74 Å². The first kappa shape index (κ1) is 19.5. The van der Waals surface area contributed by atoms with Crippen molar-refractivity contribution in [3.05, 3.63) is 75.7 Å². The van der Waals surface area contributed by atoms with Crippen molar-refractivity contribution in [3.8, 4) is 5.75 Å². The molecular weight excluding hydrogens is 376 g/mol. The van der Waals surface area contributed by atoms with Crippen LogP contribution in [0, 0.1) is 6.92 Å². The zero-order valence-electron chi connectivity index (χ0n) is 15.4. The lowest BCUT2D eigenvalue weighted by atomic mass is 10.0. The van der Waals surface area contributed by atoms with E-state index >= 15 is 0 Å². The van der Waals surface area contributed by atoms with E-state index in [0.29, 0.717) is 5.75 Å². The number of hydrogen-bond acceptors (Lipinski definition) is 5. The van der Waals surface area contributed by atoms with Crippen LogP contribution in [-0.4, -0.2) is 23.8 Å². The van der Waals surface area contributed by atoms with Crippen LogP contribution in [0.25, 0.3) is 0 Å². The highest BCUT2D eigenvalue weighted by molar-refractivity contribution is 7.99. The Morgan fingerprint density at radius 3 is 2.74 bits per heavy atom. The van der Waals surface area contributed by atoms with Crippen molar-refractivity contribution in [2.24, 2.45) is 0 Å². The van der Waals surface area contributed by atoms with Gasteiger partial charge >= 0.3 is 0 Å². The van der Waals surface area contributed by atoms with E-state index in [9.17, 15) is 4.79 Å². The van der Waals surface area contributed by atoms with Gasteiger partial charge in [-0.25, -0.2) is 4.98 Å². The van der Waals surface area contributed by atoms with Crippen molar-refractivity contribution in [2.45, 2.75) is 19.1 Å². The van der Waals surface area contributed by atoms with Crippen molar-refractivity contribution in [1.82, 2.24) is 4.98 Å². The van der Waals surface area contributed by atoms with Gasteiger partial charge in [-0.3, -0.25) is 4.79 Å². The topological polar surface area (TPSA) is 51.2 Å². The Balaban J connectivity index is 1.58. The van der Waals surface area contributed by atoms with Crippen LogP contribution in [0.1, 0.15) is 21.8 Å². The molecule has 0 radical (unpaired) electrons. The average molecular weight is 399 g/mol. The predicted octanol–water partition coefficient (Wildman–Crippen LogP) is 4.92. The summed E-state index contributed by atoms with van der Waals surface area (Å²) in [6.45, 7) is 1.99. The summed E-state index contributed by atoms with van der Waals surface area (Å²) in [5.41, 5.74) is 4.07. The highest BCUT2D eigenvalue weighted by Gasteiger charge is 2.09. The van der Waals surface area contributed by atoms with Gasteiger partial charge in [-0.15, -0.1) is 23.1 Å². The van der Waals surface area contributed by atoms with Crippen LogP contribution in [0.3, 0.4) is 0 Å². The summed E-state index contributed by atoms with van der Waals surface area (Å²) in [6.07, 6.45) is 0.756. The second-order valence-electron chi connectivity index (χ2n) is 6.09. The number of anilines is 1. The monoisotopic (exact) mass is 398 g/mol. The lowest BCUT2D eigenvalue weighted by Crippen LogP contribution is -2.14. The van der Waals surface area contributed by atoms with Crippen LogP contribution >= 0.6 is 23.1 Å². The maximum absolute atomic E-state index is 12.3. The minimum atomic E-state index is -0.0113. The number of rotatable bonds is 8. The van der Waals surface area contributed by atoms with E-state index in [2.05, 4.69) is 22.4 Å². The summed E-state index contributed by atoms with van der Waals surface area (Å²) < 4.78 is 5.47. The van der Waals surface area contributed by atoms with Gasteiger partial charge in [-0.05, 0) is 30.7 Å². The van der Waals surface area contributed by atoms with Gasteiger partial charge in [0.2, 0.25) is 5.91 Å². The Kier molecular flexibility index (Phi) is 6.90. The van der Waals surface area contributed by atoms with Gasteiger partial charge < -0.3 is 10.1 Å². The molecule has 3 rings (SSSR count). The van der Waals surface area contributed by atoms with Gasteiger partial charge in [0, 0.05) is 28.8 Å². The van der Waals surface area contributed by atoms with Crippen molar-refractivity contribution >= 4 is 34.7 Å². The zero-order chi connectivity index (χ0) is 19.1. The van der Waals surface area contributed by atoms with Gasteiger partial charge in [0.1, 0.15) is 5.75 Å². The number of methoxy groups -OCH3 is 1. The molecule has 6 heteroatoms. The van der Waals surface area contributed by atoms with Crippen molar-refractivity contribution < 1.29 is 9.53 Å². The number of aromatic nitrogens is 1. The third-order valence-corrected chi connectivity index (χ3v) is 5.74. The Morgan fingerprint density at radius 1 is 1.22 bits per heavy atom. The van der Waals surface area contributed by atoms with E-state index in [1.165, 1.54) is 5.56 Å². The van der Waals surface area contributed by atoms with Crippen molar-refractivity contribution in [2.75, 3.05) is 18.2 Å². The van der Waals surface area contributed by atoms with Crippen LogP contribution < -0.4 is 10.1 Å². The molecule has 0 spiro atoms. The molecule has 0 bridgehead atoms. The van der Waals surface area contributed by atoms with E-state index in [-0.39, 0.29) is 5.91 Å². The van der Waals surface area contributed by atoms with Crippen LogP contribution in [0.15, 0.2) is 53.9 Å². The molecule has 0 atom stereocenters. The number of carbonyl (C=O) groups is 1. The normalized spacial score (nSPS) is 10.6. The molecule has 0 saturated heterocycles. The van der Waals surface area contributed by atoms with Crippen molar-refractivity contribution in [3.63, 3.8) is 0 Å². The number of hydrogen-bond donors (Lipinski definition) is 1. The van der Waals surface area contributed by atoms with Crippen LogP contribution in [0.2, 0.25) is 0 Å². The fourth-order valence-corrected chi connectivity index (χ4v) is 4.16. The fourth-order valence-electron chi connectivity index (χ4n) is 2.73. The first-order valence-electron chi connectivity index (χ1n) is 8.63. The summed E-state index contributed by atoms with van der Waals surface area (Å²) in [4.78, 5) is 16.7. The molecule has 1 aromatic heterocycles. The number of benzene rings is 2. The molecular formula is C21H22N2O2S2. The maximum Gasteiger partial charge on any atom is 0.234 e. The summed E-state index contributed by atoms with van der Waals surface area (Å²) in [5.74, 6) is 1.96. The molecule has 1 heterocycles. The third kappa shape index (κ3) is 5.84. The van der Waals surface area contributed by atoms with Gasteiger partial charge in [0.05, 0.1) is 23.6 Å². The second-order valence-corrected chi connectivity index (χ2v) is 8.14. The summed E-state index contributed by atoms with van der Waals surface area (Å²) in [7, 11) is 1.67. The molecule has 0 aliphatic heterocycles. The number of aryl methyl sites for hydroxylation is 1. The molecule has 27 heavy (non-hydrogen) atoms. The predicted molar refractivity (Wildman–Crippen MR) is 114 cm³/mol. The Hall–Kier alpha value is -2.31. The average Bonchev–Trinajstić information content (AvgIpc) is 3.08. The molecule has 0 unspecified atom stereocenters. The summed E-state index contributed by atoms with van der Waals surface area (Å²) >= 11 is 3.20. The van der Waals surface area contributed by atoms with Gasteiger partial charge in [0.15, 0.2) is 0 Å². The zero-order valence-corrected chi connectivity index (χ0v) is 17.0. The van der Waals surface area contributed by atoms with Gasteiger partial charge in [0.25, 0.3) is 0 Å². The SMILES string of the molecule is COc1ccc(NC(=O)CSCc2csc(C)n2)cc1Cc1ccccc1. The summed E-state index contributed by atoms with van der Waals surface area (Å²) in [5, 5.41) is 6.07. The minimum absolute atomic E-state index is 0.0113. The van der Waals surface area contributed by atoms with E-state index in [0.717, 1.165) is 39.9 Å². The largest absolute Gasteiger partial charge is 0.496 e. The standard InChI is InChI=1S/C21H22N2O2S2/c1-15-22-19(13-27-15)12-26-14-21(24)23-18-8-9-20(25-2)17(11-18)10-16-6-4-3-5-7-16/h3-9,11,13H,10,12,14H2,1-2H3,(H,23,24). The minimum Gasteiger partial charge on any atom is -0.496 e. The molecule has 140 valence electrons. The molecule has 2 aromatic carbocycles. The number of nitrogens with zero attached hydrogens (tertiary/aromatic N) is 1. The molecule has 0 aliphatic carbocycles. The molecule has 4 nitrogen and oxygen atoms in total.